The van der Waals surface area contributed by atoms with Gasteiger partial charge in [0.25, 0.3) is 11.8 Å². The van der Waals surface area contributed by atoms with E-state index >= 15 is 0 Å². The lowest BCUT2D eigenvalue weighted by molar-refractivity contribution is -0.271. The lowest BCUT2D eigenvalue weighted by Gasteiger charge is -2.41. The van der Waals surface area contributed by atoms with Crippen LogP contribution < -0.4 is 26.0 Å². The van der Waals surface area contributed by atoms with Gasteiger partial charge in [0.2, 0.25) is 35.8 Å². The number of aliphatic carboxylic acids is 1. The smallest absolute Gasteiger partial charge is 0.410 e. The Bertz CT molecular complexity index is 3210. The number of aliphatic hydroxyl groups is 5. The molecule has 16 atom stereocenters. The molecule has 0 bridgehead atoms. The van der Waals surface area contributed by atoms with Crippen molar-refractivity contribution in [3.63, 3.8) is 0 Å². The highest BCUT2D eigenvalue weighted by molar-refractivity contribution is 6.12. The number of unbranched alkanes of at least 4 members (excludes halogenated alkanes) is 3. The highest BCUT2D eigenvalue weighted by Crippen LogP contribution is 2.36. The van der Waals surface area contributed by atoms with Crippen molar-refractivity contribution < 1.29 is 102 Å². The number of anilines is 1. The molecule has 29 nitrogen and oxygen atoms in total. The Hall–Kier alpha value is -7.77. The van der Waals surface area contributed by atoms with Crippen LogP contribution in [0, 0.1) is 41.4 Å². The Morgan fingerprint density at radius 3 is 2.06 bits per heavy atom. The molecule has 29 heteroatoms. The van der Waals surface area contributed by atoms with Crippen molar-refractivity contribution >= 4 is 70.7 Å². The van der Waals surface area contributed by atoms with Crippen LogP contribution in [0.4, 0.5) is 10.5 Å². The molecule has 104 heavy (non-hydrogen) atoms. The Morgan fingerprint density at radius 1 is 0.760 bits per heavy atom. The van der Waals surface area contributed by atoms with Crippen molar-refractivity contribution in [1.82, 2.24) is 35.6 Å². The van der Waals surface area contributed by atoms with E-state index in [1.54, 1.807) is 56.8 Å². The van der Waals surface area contributed by atoms with E-state index in [2.05, 4.69) is 21.3 Å². The number of aliphatic hydroxyl groups excluding tert-OH is 5. The molecule has 3 aliphatic rings. The van der Waals surface area contributed by atoms with E-state index in [0.717, 1.165) is 9.80 Å². The fourth-order valence-electron chi connectivity index (χ4n) is 14.0. The number of nitrogens with zero attached hydrogens (tertiary/aromatic N) is 4. The molecule has 580 valence electrons. The fourth-order valence-corrected chi connectivity index (χ4v) is 14.0. The Morgan fingerprint density at radius 2 is 1.44 bits per heavy atom. The summed E-state index contributed by atoms with van der Waals surface area (Å²) in [6.07, 6.45) is -6.15. The van der Waals surface area contributed by atoms with Gasteiger partial charge in [-0.2, -0.15) is 0 Å². The average Bonchev–Trinajstić information content (AvgIpc) is 0.934. The van der Waals surface area contributed by atoms with Gasteiger partial charge >= 0.3 is 12.1 Å². The summed E-state index contributed by atoms with van der Waals surface area (Å²) in [5.74, 6) is -9.21. The number of likely N-dealkylation sites (N-methyl/N-ethyl adjacent to an activating group) is 2. The van der Waals surface area contributed by atoms with Crippen LogP contribution in [0.2, 0.25) is 0 Å². The molecule has 10 N–H and O–H groups in total. The summed E-state index contributed by atoms with van der Waals surface area (Å²) in [6, 6.07) is 9.91. The van der Waals surface area contributed by atoms with Crippen LogP contribution in [-0.2, 0) is 68.8 Å². The van der Waals surface area contributed by atoms with Crippen LogP contribution in [0.1, 0.15) is 163 Å². The van der Waals surface area contributed by atoms with Gasteiger partial charge in [-0.1, -0.05) is 105 Å². The van der Waals surface area contributed by atoms with Crippen LogP contribution in [0.3, 0.4) is 0 Å². The zero-order valence-electron chi connectivity index (χ0n) is 62.4. The maximum Gasteiger partial charge on any atom is 0.410 e. The predicted octanol–water partition coefficient (Wildman–Crippen LogP) is 4.43. The van der Waals surface area contributed by atoms with Gasteiger partial charge in [0, 0.05) is 109 Å². The van der Waals surface area contributed by atoms with Gasteiger partial charge in [-0.05, 0) is 105 Å². The third kappa shape index (κ3) is 24.4. The largest absolute Gasteiger partial charge is 0.479 e. The second-order valence-electron chi connectivity index (χ2n) is 28.6. The standard InChI is InChI=1S/C75H114N8O21/c1-13-45(6)65(58(101-12)40-63(91)82-36-22-26-54(82)51(41-84)47(8)55(85)37-46(7)66(92)49-23-16-14-17-24-49)80(10)72(97)50(43(2)3)39-56(86)64(44(4)5)81(11)75(100)102-42-48-28-29-57(103-74-69(95)67(93)68(94)70(104-74)73(98)99)53(38-48)79-60(88)32-34-77-71(96)52(25-19-20-33-76-9)78-59(87)27-18-15-21-35-83-61(89)30-31-62(83)90/h14,16-17,23-24,28-31,38,43-47,50-52,54,58,64-70,74,76,84,92-95H,13,15,18-22,25-27,32-37,39-42H2,1-12H3,(H,77,96)(H,78,87)(H,79,88)(H,98,99)/t45-,46-,47+,50-,51+,52?,54-,58+,64-,65-,66+,67-,68-,69+,70-,74+/m0/s1. The van der Waals surface area contributed by atoms with Crippen LogP contribution in [-0.4, -0.2) is 237 Å². The minimum absolute atomic E-state index is 0.0700. The number of methoxy groups -OCH3 is 1. The van der Waals surface area contributed by atoms with E-state index in [-0.39, 0.29) is 98.7 Å². The number of ether oxygens (including phenoxy) is 4. The molecule has 2 aromatic rings. The van der Waals surface area contributed by atoms with Crippen LogP contribution in [0.25, 0.3) is 0 Å². The first-order valence-electron chi connectivity index (χ1n) is 36.5. The second-order valence-corrected chi connectivity index (χ2v) is 28.6. The number of benzene rings is 2. The van der Waals surface area contributed by atoms with Gasteiger partial charge < -0.3 is 85.6 Å². The third-order valence-electron chi connectivity index (χ3n) is 20.4. The summed E-state index contributed by atoms with van der Waals surface area (Å²) >= 11 is 0. The minimum Gasteiger partial charge on any atom is -0.479 e. The molecule has 0 spiro atoms. The summed E-state index contributed by atoms with van der Waals surface area (Å²) < 4.78 is 23.1. The highest BCUT2D eigenvalue weighted by atomic mass is 16.7. The molecule has 5 rings (SSSR count). The number of rotatable bonds is 44. The SMILES string of the molecule is CC[C@H](C)[C@@H]([C@@H](CC(=O)N1CCC[C@H]1[C@H](CO)[C@@H](C)C(=O)C[C@H](C)[C@@H](O)c1ccccc1)OC)N(C)C(=O)[C@@H](CC(=O)[C@H](C(C)C)N(C)C(=O)OCc1ccc(O[C@@H]2O[C@H](C(=O)O)[C@@H](O)[C@H](O)[C@H]2O)c(NC(=O)CCNC(=O)C(CCCCNC)NC(=O)CCCCCN2C(=O)C=CC2=O)c1)C(C)C. The third-order valence-corrected chi connectivity index (χ3v) is 20.4. The van der Waals surface area contributed by atoms with E-state index in [1.807, 2.05) is 52.8 Å². The first-order valence-corrected chi connectivity index (χ1v) is 36.5. The number of hydrogen-bond donors (Lipinski definition) is 10. The number of carboxylic acid groups (broad SMARTS) is 1. The lowest BCUT2D eigenvalue weighted by atomic mass is 9.80. The Balaban J connectivity index is 1.26. The lowest BCUT2D eigenvalue weighted by Crippen LogP contribution is -2.61. The summed E-state index contributed by atoms with van der Waals surface area (Å²) in [4.78, 5) is 154. The molecule has 3 aliphatic heterocycles. The molecule has 8 amide bonds. The number of carbonyl (C=O) groups excluding carboxylic acids is 10. The molecule has 0 saturated carbocycles. The summed E-state index contributed by atoms with van der Waals surface area (Å²) in [7, 11) is 6.27. The second kappa shape index (κ2) is 42.4. The number of hydrogen-bond acceptors (Lipinski definition) is 21. The summed E-state index contributed by atoms with van der Waals surface area (Å²) in [5, 5.41) is 74.6. The molecular formula is C75H114N8O21. The zero-order valence-corrected chi connectivity index (χ0v) is 62.4. The predicted molar refractivity (Wildman–Crippen MR) is 382 cm³/mol. The molecule has 2 aromatic carbocycles. The molecule has 2 saturated heterocycles. The number of ketones is 2. The van der Waals surface area contributed by atoms with E-state index in [9.17, 15) is 83.4 Å². The topological polar surface area (TPSA) is 407 Å². The molecule has 0 radical (unpaired) electrons. The maximum atomic E-state index is 15.0. The summed E-state index contributed by atoms with van der Waals surface area (Å²) in [6.45, 7) is 14.8. The van der Waals surface area contributed by atoms with Gasteiger partial charge in [0.1, 0.15) is 42.5 Å². The van der Waals surface area contributed by atoms with Crippen molar-refractivity contribution in [2.45, 2.75) is 219 Å². The quantitative estimate of drug-likeness (QED) is 0.0324. The monoisotopic (exact) mass is 1460 g/mol. The maximum absolute atomic E-state index is 15.0. The molecule has 0 aromatic heterocycles. The average molecular weight is 1460 g/mol. The van der Waals surface area contributed by atoms with E-state index < -0.39 is 157 Å². The highest BCUT2D eigenvalue weighted by Gasteiger charge is 2.49. The van der Waals surface area contributed by atoms with Crippen molar-refractivity contribution in [3.8, 4) is 5.75 Å². The number of imide groups is 1. The van der Waals surface area contributed by atoms with Crippen molar-refractivity contribution in [2.24, 2.45) is 41.4 Å². The van der Waals surface area contributed by atoms with Crippen LogP contribution in [0.5, 0.6) is 5.75 Å². The number of carbonyl (C=O) groups is 11. The van der Waals surface area contributed by atoms with Crippen molar-refractivity contribution in [3.05, 3.63) is 71.8 Å². The van der Waals surface area contributed by atoms with Crippen molar-refractivity contribution in [1.29, 1.82) is 0 Å². The van der Waals surface area contributed by atoms with E-state index in [0.29, 0.717) is 70.0 Å². The Labute approximate surface area is 610 Å². The number of carboxylic acids is 1. The van der Waals surface area contributed by atoms with E-state index in [1.165, 1.54) is 44.5 Å². The first kappa shape index (κ1) is 86.9. The van der Waals surface area contributed by atoms with Gasteiger partial charge in [0.05, 0.1) is 36.4 Å². The summed E-state index contributed by atoms with van der Waals surface area (Å²) in [5.41, 5.74) is 0.778. The normalized spacial score (nSPS) is 21.1. The number of nitrogens with one attached hydrogen (secondary N) is 4. The molecule has 3 heterocycles. The number of amides is 8. The Kier molecular flexibility index (Phi) is 35.4. The van der Waals surface area contributed by atoms with Gasteiger partial charge in [0.15, 0.2) is 11.9 Å². The molecule has 0 aliphatic carbocycles. The van der Waals surface area contributed by atoms with Crippen LogP contribution >= 0.6 is 0 Å². The van der Waals surface area contributed by atoms with Gasteiger partial charge in [-0.3, -0.25) is 48.1 Å². The molecular weight excluding hydrogens is 1350 g/mol. The van der Waals surface area contributed by atoms with Gasteiger partial charge in [-0.25, -0.2) is 9.59 Å². The van der Waals surface area contributed by atoms with Crippen molar-refractivity contribution in [2.75, 3.05) is 66.4 Å². The van der Waals surface area contributed by atoms with Crippen LogP contribution in [0.15, 0.2) is 60.7 Å². The van der Waals surface area contributed by atoms with E-state index in [4.69, 9.17) is 18.9 Å². The molecule has 2 fully saturated rings. The number of likely N-dealkylation sites (tertiary alicyclic amines) is 1. The number of Topliss-reactive ketones (excluding diaryl/α,β-unsaturated/α-hetero) is 2. The van der Waals surface area contributed by atoms with Gasteiger partial charge in [-0.15, -0.1) is 0 Å². The molecule has 1 unspecified atom stereocenters. The zero-order chi connectivity index (χ0) is 77.2. The fraction of sp³-hybridized carbons (Fsp3) is 0.667. The minimum atomic E-state index is -2.05. The first-order chi connectivity index (χ1) is 49.3.